The Hall–Kier alpha value is -3.85. The number of ether oxygens (including phenoxy) is 1. The second-order valence-electron chi connectivity index (χ2n) is 8.44. The molecule has 9 heteroatoms. The fourth-order valence-corrected chi connectivity index (χ4v) is 5.17. The highest BCUT2D eigenvalue weighted by molar-refractivity contribution is 7.07. The molecule has 1 aliphatic heterocycles. The van der Waals surface area contributed by atoms with E-state index in [2.05, 4.69) is 23.7 Å². The number of benzene rings is 2. The van der Waals surface area contributed by atoms with Crippen molar-refractivity contribution in [1.29, 1.82) is 0 Å². The normalized spacial score (nSPS) is 13.7. The number of aromatic nitrogens is 3. The van der Waals surface area contributed by atoms with Crippen LogP contribution < -0.4 is 20.4 Å². The molecule has 3 heterocycles. The van der Waals surface area contributed by atoms with Crippen molar-refractivity contribution in [2.75, 3.05) is 11.9 Å². The number of amides is 1. The Morgan fingerprint density at radius 2 is 1.88 bits per heavy atom. The number of nitrogens with one attached hydrogen (secondary N) is 1. The number of nitrogens with zero attached hydrogens (tertiary/aromatic N) is 4. The van der Waals surface area contributed by atoms with Gasteiger partial charge in [0, 0.05) is 24.0 Å². The number of anilines is 1. The average molecular weight is 476 g/mol. The van der Waals surface area contributed by atoms with E-state index in [1.807, 2.05) is 72.6 Å². The van der Waals surface area contributed by atoms with Crippen LogP contribution in [0.25, 0.3) is 16.9 Å². The Kier molecular flexibility index (Phi) is 5.49. The molecule has 0 atom stereocenters. The topological polar surface area (TPSA) is 82.6 Å². The highest BCUT2D eigenvalue weighted by Gasteiger charge is 2.20. The molecule has 0 unspecified atom stereocenters. The predicted molar refractivity (Wildman–Crippen MR) is 133 cm³/mol. The predicted octanol–water partition coefficient (Wildman–Crippen LogP) is 4.16. The van der Waals surface area contributed by atoms with Crippen molar-refractivity contribution in [3.8, 4) is 22.7 Å². The number of para-hydroxylation sites is 1. The van der Waals surface area contributed by atoms with E-state index in [0.29, 0.717) is 17.1 Å². The molecule has 1 amide bonds. The first kappa shape index (κ1) is 22.0. The summed E-state index contributed by atoms with van der Waals surface area (Å²) in [6, 6.07) is 15.4. The maximum absolute atomic E-state index is 13.4. The molecule has 1 aliphatic rings. The van der Waals surface area contributed by atoms with Gasteiger partial charge in [-0.25, -0.2) is 9.67 Å². The van der Waals surface area contributed by atoms with Crippen LogP contribution in [0.4, 0.5) is 11.4 Å². The van der Waals surface area contributed by atoms with E-state index in [0.717, 1.165) is 27.4 Å². The number of carbonyl (C=O) groups is 1. The second kappa shape index (κ2) is 8.49. The van der Waals surface area contributed by atoms with Gasteiger partial charge in [-0.15, -0.1) is 11.3 Å². The van der Waals surface area contributed by atoms with E-state index >= 15 is 0 Å². The van der Waals surface area contributed by atoms with Crippen LogP contribution in [0.1, 0.15) is 25.6 Å². The number of fused-ring (bicyclic) bond motifs is 1. The zero-order valence-corrected chi connectivity index (χ0v) is 20.2. The molecule has 1 N–H and O–H groups in total. The van der Waals surface area contributed by atoms with Crippen LogP contribution in [0.5, 0.6) is 5.75 Å². The second-order valence-corrected chi connectivity index (χ2v) is 9.27. The van der Waals surface area contributed by atoms with Crippen molar-refractivity contribution in [3.63, 3.8) is 0 Å². The van der Waals surface area contributed by atoms with Crippen molar-refractivity contribution in [2.45, 2.75) is 26.8 Å². The van der Waals surface area contributed by atoms with Crippen molar-refractivity contribution in [2.24, 2.45) is 12.0 Å². The van der Waals surface area contributed by atoms with Crippen LogP contribution >= 0.6 is 11.3 Å². The average Bonchev–Trinajstić information content (AvgIpc) is 3.34. The third kappa shape index (κ3) is 3.67. The van der Waals surface area contributed by atoms with Crippen LogP contribution in [-0.2, 0) is 11.8 Å². The summed E-state index contributed by atoms with van der Waals surface area (Å²) < 4.78 is 11.1. The Morgan fingerprint density at radius 1 is 1.12 bits per heavy atom. The molecule has 2 aromatic heterocycles. The number of hydrogen-bond acceptors (Lipinski definition) is 5. The summed E-state index contributed by atoms with van der Waals surface area (Å²) in [5.74, 6) is 0.484. The first-order valence-electron chi connectivity index (χ1n) is 11.0. The molecule has 0 spiro atoms. The first-order chi connectivity index (χ1) is 16.3. The van der Waals surface area contributed by atoms with Gasteiger partial charge in [0.1, 0.15) is 5.75 Å². The summed E-state index contributed by atoms with van der Waals surface area (Å²) in [6.07, 6.45) is 0. The molecule has 2 aromatic carbocycles. The Bertz CT molecular complexity index is 1520. The van der Waals surface area contributed by atoms with E-state index in [9.17, 15) is 9.59 Å². The first-order valence-corrected chi connectivity index (χ1v) is 11.9. The Labute approximate surface area is 200 Å². The molecule has 0 radical (unpaired) electrons. The molecular formula is C25H25N5O3S. The van der Waals surface area contributed by atoms with Crippen LogP contribution in [0.15, 0.2) is 63.7 Å². The van der Waals surface area contributed by atoms with E-state index in [-0.39, 0.29) is 24.1 Å². The summed E-state index contributed by atoms with van der Waals surface area (Å²) in [6.45, 7) is 6.09. The lowest BCUT2D eigenvalue weighted by molar-refractivity contribution is -0.118. The standard InChI is InChI=1S/C25H25N5O3S/c1-15(2)29-20(17-10-11-21-19(12-17)26-22(31)13-33-21)14-34-25(29)27-23-16(3)28(4)30(24(23)32)18-8-6-5-7-9-18/h5-12,14-15H,13H2,1-4H3,(H,26,31). The summed E-state index contributed by atoms with van der Waals surface area (Å²) >= 11 is 1.48. The van der Waals surface area contributed by atoms with Gasteiger partial charge in [0.15, 0.2) is 17.1 Å². The lowest BCUT2D eigenvalue weighted by Crippen LogP contribution is -2.25. The van der Waals surface area contributed by atoms with Gasteiger partial charge in [0.25, 0.3) is 11.5 Å². The molecule has 34 heavy (non-hydrogen) atoms. The zero-order valence-electron chi connectivity index (χ0n) is 19.4. The van der Waals surface area contributed by atoms with Gasteiger partial charge >= 0.3 is 0 Å². The van der Waals surface area contributed by atoms with Crippen molar-refractivity contribution < 1.29 is 9.53 Å². The quantitative estimate of drug-likeness (QED) is 0.481. The number of rotatable bonds is 4. The smallest absolute Gasteiger partial charge is 0.297 e. The summed E-state index contributed by atoms with van der Waals surface area (Å²) in [4.78, 5) is 30.7. The van der Waals surface area contributed by atoms with Crippen LogP contribution in [-0.4, -0.2) is 26.4 Å². The molecular weight excluding hydrogens is 450 g/mol. The highest BCUT2D eigenvalue weighted by Crippen LogP contribution is 2.33. The number of carbonyl (C=O) groups excluding carboxylic acids is 1. The molecule has 174 valence electrons. The van der Waals surface area contributed by atoms with Crippen molar-refractivity contribution in [1.82, 2.24) is 13.9 Å². The van der Waals surface area contributed by atoms with Crippen molar-refractivity contribution in [3.05, 3.63) is 74.8 Å². The Balaban J connectivity index is 1.65. The fraction of sp³-hybridized carbons (Fsp3) is 0.240. The minimum Gasteiger partial charge on any atom is -0.482 e. The molecule has 0 saturated heterocycles. The van der Waals surface area contributed by atoms with Crippen LogP contribution in [0.3, 0.4) is 0 Å². The van der Waals surface area contributed by atoms with Gasteiger partial charge < -0.3 is 14.6 Å². The molecule has 0 fully saturated rings. The van der Waals surface area contributed by atoms with Gasteiger partial charge in [-0.1, -0.05) is 18.2 Å². The molecule has 8 nitrogen and oxygen atoms in total. The highest BCUT2D eigenvalue weighted by atomic mass is 32.1. The van der Waals surface area contributed by atoms with Gasteiger partial charge in [-0.2, -0.15) is 0 Å². The van der Waals surface area contributed by atoms with E-state index in [1.54, 1.807) is 4.68 Å². The zero-order chi connectivity index (χ0) is 24.0. The maximum atomic E-state index is 13.4. The summed E-state index contributed by atoms with van der Waals surface area (Å²) in [5, 5.41) is 4.89. The molecule has 4 aromatic rings. The third-order valence-electron chi connectivity index (χ3n) is 5.90. The summed E-state index contributed by atoms with van der Waals surface area (Å²) in [5.41, 5.74) is 4.37. The molecule has 5 rings (SSSR count). The lowest BCUT2D eigenvalue weighted by Gasteiger charge is -2.19. The minimum atomic E-state index is -0.170. The molecule has 0 aliphatic carbocycles. The molecule has 0 saturated carbocycles. The summed E-state index contributed by atoms with van der Waals surface area (Å²) in [7, 11) is 1.86. The number of hydrogen-bond donors (Lipinski definition) is 1. The van der Waals surface area contributed by atoms with E-state index < -0.39 is 0 Å². The van der Waals surface area contributed by atoms with Gasteiger partial charge in [-0.05, 0) is 51.1 Å². The Morgan fingerprint density at radius 3 is 2.62 bits per heavy atom. The van der Waals surface area contributed by atoms with Gasteiger partial charge in [-0.3, -0.25) is 14.3 Å². The fourth-order valence-electron chi connectivity index (χ4n) is 4.13. The molecule has 0 bridgehead atoms. The third-order valence-corrected chi connectivity index (χ3v) is 6.74. The van der Waals surface area contributed by atoms with Crippen LogP contribution in [0, 0.1) is 6.92 Å². The minimum absolute atomic E-state index is 0.0246. The largest absolute Gasteiger partial charge is 0.482 e. The van der Waals surface area contributed by atoms with Gasteiger partial charge in [0.05, 0.1) is 22.8 Å². The van der Waals surface area contributed by atoms with E-state index in [4.69, 9.17) is 9.73 Å². The maximum Gasteiger partial charge on any atom is 0.297 e. The SMILES string of the molecule is Cc1c(N=c2scc(-c3ccc4c(c3)NC(=O)CO4)n2C(C)C)c(=O)n(-c2ccccc2)n1C. The lowest BCUT2D eigenvalue weighted by atomic mass is 10.1. The van der Waals surface area contributed by atoms with E-state index in [1.165, 1.54) is 11.3 Å². The monoisotopic (exact) mass is 475 g/mol. The number of thiazole rings is 1. The van der Waals surface area contributed by atoms with Crippen molar-refractivity contribution >= 4 is 28.6 Å². The van der Waals surface area contributed by atoms with Crippen LogP contribution in [0.2, 0.25) is 0 Å². The van der Waals surface area contributed by atoms with Gasteiger partial charge in [0.2, 0.25) is 0 Å².